The molecule has 0 aliphatic rings. The minimum absolute atomic E-state index is 0.194. The van der Waals surface area contributed by atoms with Crippen LogP contribution in [-0.4, -0.2) is 21.1 Å². The largest absolute Gasteiger partial charge is 0.383 e. The van der Waals surface area contributed by atoms with E-state index in [0.29, 0.717) is 30.3 Å². The predicted molar refractivity (Wildman–Crippen MR) is 123 cm³/mol. The number of nitrogens with zero attached hydrogens (tertiary/aromatic N) is 3. The van der Waals surface area contributed by atoms with Crippen molar-refractivity contribution in [2.24, 2.45) is 5.92 Å². The van der Waals surface area contributed by atoms with E-state index in [1.807, 2.05) is 43.0 Å². The second-order valence-electron chi connectivity index (χ2n) is 7.88. The van der Waals surface area contributed by atoms with Crippen LogP contribution in [0.4, 0.5) is 11.5 Å². The van der Waals surface area contributed by atoms with Crippen LogP contribution in [0.25, 0.3) is 10.9 Å². The molecule has 160 valence electrons. The highest BCUT2D eigenvalue weighted by Crippen LogP contribution is 2.27. The summed E-state index contributed by atoms with van der Waals surface area (Å²) in [7, 11) is 0. The van der Waals surface area contributed by atoms with Crippen molar-refractivity contribution in [2.45, 2.75) is 46.7 Å². The Hall–Kier alpha value is -2.80. The average molecular weight is 430 g/mol. The molecule has 0 unspecified atom stereocenters. The number of hydrogen-bond acceptors (Lipinski definition) is 5. The lowest BCUT2D eigenvalue weighted by atomic mass is 10.1. The first-order valence-corrected chi connectivity index (χ1v) is 10.6. The number of nitrogens with one attached hydrogen (secondary N) is 1. The number of halogens is 1. The first-order valence-electron chi connectivity index (χ1n) is 10.2. The highest BCUT2D eigenvalue weighted by molar-refractivity contribution is 6.35. The van der Waals surface area contributed by atoms with Gasteiger partial charge in [0.2, 0.25) is 0 Å². The van der Waals surface area contributed by atoms with E-state index in [4.69, 9.17) is 17.3 Å². The van der Waals surface area contributed by atoms with Gasteiger partial charge in [-0.3, -0.25) is 19.3 Å². The fraction of sp³-hybridized carbons (Fsp3) is 0.409. The van der Waals surface area contributed by atoms with Crippen molar-refractivity contribution >= 4 is 34.0 Å². The zero-order valence-electron chi connectivity index (χ0n) is 17.6. The van der Waals surface area contributed by atoms with E-state index in [1.165, 1.54) is 4.57 Å². The van der Waals surface area contributed by atoms with Gasteiger partial charge in [-0.2, -0.15) is 0 Å². The molecule has 0 saturated heterocycles. The van der Waals surface area contributed by atoms with Crippen molar-refractivity contribution in [1.29, 1.82) is 0 Å². The molecular formula is C22H28ClN5O2. The third-order valence-corrected chi connectivity index (χ3v) is 5.35. The Morgan fingerprint density at radius 1 is 1.27 bits per heavy atom. The van der Waals surface area contributed by atoms with Crippen molar-refractivity contribution in [2.75, 3.05) is 17.2 Å². The summed E-state index contributed by atoms with van der Waals surface area (Å²) in [4.78, 5) is 34.0. The van der Waals surface area contributed by atoms with Gasteiger partial charge in [-0.05, 0) is 36.1 Å². The monoisotopic (exact) mass is 429 g/mol. The van der Waals surface area contributed by atoms with Gasteiger partial charge in [0.05, 0.1) is 5.52 Å². The van der Waals surface area contributed by atoms with E-state index < -0.39 is 11.2 Å². The average Bonchev–Trinajstić information content (AvgIpc) is 2.71. The van der Waals surface area contributed by atoms with Crippen LogP contribution in [-0.2, 0) is 13.1 Å². The Labute approximate surface area is 180 Å². The molecule has 2 heterocycles. The van der Waals surface area contributed by atoms with Crippen molar-refractivity contribution in [3.05, 3.63) is 61.9 Å². The van der Waals surface area contributed by atoms with Crippen LogP contribution in [0.3, 0.4) is 0 Å². The number of benzene rings is 1. The second-order valence-corrected chi connectivity index (χ2v) is 8.29. The van der Waals surface area contributed by atoms with Crippen LogP contribution >= 0.6 is 11.6 Å². The third-order valence-electron chi connectivity index (χ3n) is 5.02. The van der Waals surface area contributed by atoms with Gasteiger partial charge in [0.15, 0.2) is 0 Å². The summed E-state index contributed by atoms with van der Waals surface area (Å²) in [5.41, 5.74) is 7.45. The van der Waals surface area contributed by atoms with Crippen molar-refractivity contribution < 1.29 is 0 Å². The lowest BCUT2D eigenvalue weighted by Gasteiger charge is -2.27. The van der Waals surface area contributed by atoms with Crippen LogP contribution < -0.4 is 21.9 Å². The summed E-state index contributed by atoms with van der Waals surface area (Å²) in [6.07, 6.45) is 3.56. The Kier molecular flexibility index (Phi) is 6.82. The van der Waals surface area contributed by atoms with Crippen molar-refractivity contribution in [1.82, 2.24) is 14.5 Å². The number of pyridine rings is 1. The zero-order chi connectivity index (χ0) is 21.8. The van der Waals surface area contributed by atoms with Crippen LogP contribution in [0.5, 0.6) is 0 Å². The molecule has 0 bridgehead atoms. The van der Waals surface area contributed by atoms with Gasteiger partial charge >= 0.3 is 5.69 Å². The van der Waals surface area contributed by atoms with E-state index >= 15 is 0 Å². The minimum Gasteiger partial charge on any atom is -0.383 e. The maximum atomic E-state index is 12.8. The SMILES string of the molecule is CCCCN(Cc1ccc(Cl)c2cccnc12)c1c(N)n(CC(C)C)c(=O)[nH]c1=O. The number of aromatic amines is 1. The number of nitrogen functional groups attached to an aromatic ring is 1. The lowest BCUT2D eigenvalue weighted by Crippen LogP contribution is -2.39. The van der Waals surface area contributed by atoms with Crippen LogP contribution in [0.15, 0.2) is 40.1 Å². The summed E-state index contributed by atoms with van der Waals surface area (Å²) in [5.74, 6) is 0.400. The third kappa shape index (κ3) is 4.51. The van der Waals surface area contributed by atoms with Crippen LogP contribution in [0.1, 0.15) is 39.2 Å². The molecule has 3 rings (SSSR count). The van der Waals surface area contributed by atoms with Gasteiger partial charge in [0, 0.05) is 36.2 Å². The number of aromatic nitrogens is 3. The molecule has 1 aromatic carbocycles. The van der Waals surface area contributed by atoms with Crippen LogP contribution in [0.2, 0.25) is 5.02 Å². The number of H-pyrrole nitrogens is 1. The quantitative estimate of drug-likeness (QED) is 0.567. The molecule has 0 aliphatic heterocycles. The summed E-state index contributed by atoms with van der Waals surface area (Å²) >= 11 is 6.34. The topological polar surface area (TPSA) is 97.0 Å². The Balaban J connectivity index is 2.12. The van der Waals surface area contributed by atoms with E-state index in [-0.39, 0.29) is 11.7 Å². The van der Waals surface area contributed by atoms with Gasteiger partial charge in [0.1, 0.15) is 11.5 Å². The fourth-order valence-corrected chi connectivity index (χ4v) is 3.79. The maximum Gasteiger partial charge on any atom is 0.330 e. The molecular weight excluding hydrogens is 402 g/mol. The number of nitrogens with two attached hydrogens (primary N) is 1. The number of rotatable bonds is 8. The maximum absolute atomic E-state index is 12.8. The number of hydrogen-bond donors (Lipinski definition) is 2. The van der Waals surface area contributed by atoms with Gasteiger partial charge in [-0.1, -0.05) is 44.9 Å². The summed E-state index contributed by atoms with van der Waals surface area (Å²) in [6, 6.07) is 7.53. The number of anilines is 2. The van der Waals surface area contributed by atoms with Gasteiger partial charge in [-0.15, -0.1) is 0 Å². The van der Waals surface area contributed by atoms with E-state index in [1.54, 1.807) is 6.20 Å². The first-order chi connectivity index (χ1) is 14.3. The van der Waals surface area contributed by atoms with E-state index in [9.17, 15) is 9.59 Å². The zero-order valence-corrected chi connectivity index (χ0v) is 18.4. The highest BCUT2D eigenvalue weighted by atomic mass is 35.5. The van der Waals surface area contributed by atoms with Gasteiger partial charge in [0.25, 0.3) is 5.56 Å². The molecule has 7 nitrogen and oxygen atoms in total. The number of fused-ring (bicyclic) bond motifs is 1. The van der Waals surface area contributed by atoms with Gasteiger partial charge in [-0.25, -0.2) is 4.79 Å². The smallest absolute Gasteiger partial charge is 0.330 e. The number of unbranched alkanes of at least 4 members (excludes halogenated alkanes) is 1. The molecule has 8 heteroatoms. The summed E-state index contributed by atoms with van der Waals surface area (Å²) in [6.45, 7) is 7.57. The minimum atomic E-state index is -0.482. The van der Waals surface area contributed by atoms with Crippen molar-refractivity contribution in [3.8, 4) is 0 Å². The fourth-order valence-electron chi connectivity index (χ4n) is 3.58. The van der Waals surface area contributed by atoms with E-state index in [2.05, 4.69) is 16.9 Å². The highest BCUT2D eigenvalue weighted by Gasteiger charge is 2.20. The summed E-state index contributed by atoms with van der Waals surface area (Å²) < 4.78 is 1.44. The Bertz CT molecular complexity index is 1150. The predicted octanol–water partition coefficient (Wildman–Crippen LogP) is 3.78. The molecule has 0 spiro atoms. The standard InChI is InChI=1S/C22H28ClN5O2/c1-4-5-11-27(13-15-8-9-17(23)16-7-6-10-25-18(15)16)19-20(24)28(12-14(2)3)22(30)26-21(19)29/h6-10,14H,4-5,11-13,24H2,1-3H3,(H,26,29,30). The molecule has 3 aromatic rings. The van der Waals surface area contributed by atoms with Gasteiger partial charge < -0.3 is 10.6 Å². The molecule has 2 aromatic heterocycles. The summed E-state index contributed by atoms with van der Waals surface area (Å²) in [5, 5.41) is 1.49. The Morgan fingerprint density at radius 3 is 2.73 bits per heavy atom. The molecule has 0 atom stereocenters. The van der Waals surface area contributed by atoms with E-state index in [0.717, 1.165) is 29.3 Å². The normalized spacial score (nSPS) is 11.4. The van der Waals surface area contributed by atoms with Crippen molar-refractivity contribution in [3.63, 3.8) is 0 Å². The Morgan fingerprint density at radius 2 is 2.03 bits per heavy atom. The second kappa shape index (κ2) is 9.34. The molecule has 0 radical (unpaired) electrons. The molecule has 0 aliphatic carbocycles. The molecule has 0 fully saturated rings. The molecule has 30 heavy (non-hydrogen) atoms. The molecule has 0 saturated carbocycles. The van der Waals surface area contributed by atoms with Crippen LogP contribution in [0, 0.1) is 5.92 Å². The lowest BCUT2D eigenvalue weighted by molar-refractivity contribution is 0.506. The molecule has 3 N–H and O–H groups in total. The molecule has 0 amide bonds. The first kappa shape index (κ1) is 21.9.